The first-order chi connectivity index (χ1) is 16.5. The van der Waals surface area contributed by atoms with E-state index in [2.05, 4.69) is 13.8 Å². The van der Waals surface area contributed by atoms with Gasteiger partial charge in [-0.25, -0.2) is 4.39 Å². The van der Waals surface area contributed by atoms with E-state index in [-0.39, 0.29) is 17.1 Å². The van der Waals surface area contributed by atoms with Crippen molar-refractivity contribution in [3.05, 3.63) is 64.5 Å². The van der Waals surface area contributed by atoms with Crippen molar-refractivity contribution in [1.82, 2.24) is 0 Å². The molecule has 2 aromatic carbocycles. The van der Waals surface area contributed by atoms with Crippen LogP contribution in [0.25, 0.3) is 11.8 Å². The molecule has 0 radical (unpaired) electrons. The van der Waals surface area contributed by atoms with E-state index in [9.17, 15) is 13.2 Å². The maximum atomic E-state index is 14.9. The lowest BCUT2D eigenvalue weighted by Crippen LogP contribution is -2.24. The summed E-state index contributed by atoms with van der Waals surface area (Å²) in [5.74, 6) is -1.17. The van der Waals surface area contributed by atoms with Crippen molar-refractivity contribution in [3.63, 3.8) is 0 Å². The molecule has 0 fully saturated rings. The van der Waals surface area contributed by atoms with Gasteiger partial charge in [-0.1, -0.05) is 95.5 Å². The van der Waals surface area contributed by atoms with Crippen LogP contribution >= 0.6 is 0 Å². The van der Waals surface area contributed by atoms with Crippen molar-refractivity contribution in [2.24, 2.45) is 0 Å². The first kappa shape index (κ1) is 26.2. The van der Waals surface area contributed by atoms with E-state index in [0.717, 1.165) is 38.5 Å². The second-order valence-corrected chi connectivity index (χ2v) is 9.09. The molecule has 0 bridgehead atoms. The van der Waals surface area contributed by atoms with E-state index in [0.29, 0.717) is 12.2 Å². The summed E-state index contributed by atoms with van der Waals surface area (Å²) in [7, 11) is 0. The van der Waals surface area contributed by atoms with Crippen molar-refractivity contribution in [2.45, 2.75) is 90.6 Å². The van der Waals surface area contributed by atoms with Crippen LogP contribution in [-0.2, 0) is 17.3 Å². The highest BCUT2D eigenvalue weighted by molar-refractivity contribution is 5.81. The van der Waals surface area contributed by atoms with Gasteiger partial charge in [0.2, 0.25) is 0 Å². The minimum absolute atomic E-state index is 0.0382. The number of fused-ring (bicyclic) bond motifs is 1. The van der Waals surface area contributed by atoms with Crippen LogP contribution in [0.3, 0.4) is 0 Å². The highest BCUT2D eigenvalue weighted by Crippen LogP contribution is 2.45. The molecule has 0 aromatic heterocycles. The molecule has 0 saturated heterocycles. The maximum absolute atomic E-state index is 14.9. The van der Waals surface area contributed by atoms with Gasteiger partial charge in [0.15, 0.2) is 11.6 Å². The highest BCUT2D eigenvalue weighted by Gasteiger charge is 2.44. The van der Waals surface area contributed by atoms with Gasteiger partial charge in [-0.3, -0.25) is 0 Å². The van der Waals surface area contributed by atoms with Crippen LogP contribution in [0.1, 0.15) is 100 Å². The van der Waals surface area contributed by atoms with E-state index < -0.39 is 17.5 Å². The van der Waals surface area contributed by atoms with Gasteiger partial charge in [0.25, 0.3) is 0 Å². The van der Waals surface area contributed by atoms with Gasteiger partial charge in [-0.15, -0.1) is 0 Å². The first-order valence-electron chi connectivity index (χ1n) is 12.8. The lowest BCUT2D eigenvalue weighted by Gasteiger charge is -2.27. The molecule has 1 aliphatic heterocycles. The van der Waals surface area contributed by atoms with Crippen LogP contribution in [0.15, 0.2) is 36.4 Å². The number of halogens is 3. The standard InChI is InChI=1S/C29H37F3O2/c1-3-5-7-9-10-11-13-22-14-16-23(17-15-22)26-21-24-18-19-25(33-20-12-8-6-4-2)28(30)27(24)29(31,32)34-26/h14-19,21H,3-13,20H2,1-2H3. The van der Waals surface area contributed by atoms with Crippen LogP contribution in [0.5, 0.6) is 5.75 Å². The molecule has 2 nitrogen and oxygen atoms in total. The Balaban J connectivity index is 1.66. The summed E-state index contributed by atoms with van der Waals surface area (Å²) in [6, 6.07) is 10.4. The van der Waals surface area contributed by atoms with E-state index in [1.54, 1.807) is 12.1 Å². The number of benzene rings is 2. The molecule has 0 N–H and O–H groups in total. The highest BCUT2D eigenvalue weighted by atomic mass is 19.3. The molecular weight excluding hydrogens is 437 g/mol. The van der Waals surface area contributed by atoms with Crippen LogP contribution in [-0.4, -0.2) is 6.61 Å². The lowest BCUT2D eigenvalue weighted by molar-refractivity contribution is -0.207. The van der Waals surface area contributed by atoms with E-state index in [4.69, 9.17) is 9.47 Å². The van der Waals surface area contributed by atoms with Crippen LogP contribution in [0, 0.1) is 5.82 Å². The van der Waals surface area contributed by atoms with E-state index in [1.807, 2.05) is 12.1 Å². The van der Waals surface area contributed by atoms with E-state index >= 15 is 0 Å². The predicted molar refractivity (Wildman–Crippen MR) is 132 cm³/mol. The summed E-state index contributed by atoms with van der Waals surface area (Å²) in [6.07, 6.45) is 9.92. The first-order valence-corrected chi connectivity index (χ1v) is 12.8. The molecule has 1 aliphatic rings. The van der Waals surface area contributed by atoms with Crippen molar-refractivity contribution in [3.8, 4) is 5.75 Å². The zero-order chi connectivity index (χ0) is 24.4. The third-order valence-electron chi connectivity index (χ3n) is 6.27. The Kier molecular flexibility index (Phi) is 9.91. The Hall–Kier alpha value is -2.43. The molecule has 0 saturated carbocycles. The number of unbranched alkanes of at least 4 members (excludes halogenated alkanes) is 8. The molecule has 186 valence electrons. The summed E-state index contributed by atoms with van der Waals surface area (Å²) >= 11 is 0. The fourth-order valence-corrected chi connectivity index (χ4v) is 4.26. The van der Waals surface area contributed by atoms with Gasteiger partial charge in [-0.2, -0.15) is 8.78 Å². The summed E-state index contributed by atoms with van der Waals surface area (Å²) < 4.78 is 55.1. The topological polar surface area (TPSA) is 18.5 Å². The number of alkyl halides is 2. The second-order valence-electron chi connectivity index (χ2n) is 9.09. The fraction of sp³-hybridized carbons (Fsp3) is 0.517. The van der Waals surface area contributed by atoms with E-state index in [1.165, 1.54) is 55.9 Å². The van der Waals surface area contributed by atoms with Crippen LogP contribution in [0.4, 0.5) is 13.2 Å². The zero-order valence-corrected chi connectivity index (χ0v) is 20.5. The Morgan fingerprint density at radius 2 is 1.44 bits per heavy atom. The predicted octanol–water partition coefficient (Wildman–Crippen LogP) is 9.27. The Labute approximate surface area is 202 Å². The normalized spacial score (nSPS) is 14.3. The van der Waals surface area contributed by atoms with Crippen LogP contribution < -0.4 is 4.74 Å². The molecule has 0 atom stereocenters. The molecule has 0 unspecified atom stereocenters. The Morgan fingerprint density at radius 3 is 2.15 bits per heavy atom. The number of hydrogen-bond acceptors (Lipinski definition) is 2. The molecule has 0 amide bonds. The molecule has 34 heavy (non-hydrogen) atoms. The van der Waals surface area contributed by atoms with Crippen molar-refractivity contribution in [1.29, 1.82) is 0 Å². The average Bonchev–Trinajstić information content (AvgIpc) is 2.82. The molecule has 0 aliphatic carbocycles. The molecule has 1 heterocycles. The molecular formula is C29H37F3O2. The van der Waals surface area contributed by atoms with Gasteiger partial charge >= 0.3 is 6.11 Å². The maximum Gasteiger partial charge on any atom is 0.430 e. The van der Waals surface area contributed by atoms with Crippen molar-refractivity contribution >= 4 is 11.8 Å². The van der Waals surface area contributed by atoms with Crippen LogP contribution in [0.2, 0.25) is 0 Å². The lowest BCUT2D eigenvalue weighted by atomic mass is 9.99. The molecule has 2 aromatic rings. The smallest absolute Gasteiger partial charge is 0.430 e. The third kappa shape index (κ3) is 7.04. The zero-order valence-electron chi connectivity index (χ0n) is 20.5. The second kappa shape index (κ2) is 12.9. The molecule has 5 heteroatoms. The minimum Gasteiger partial charge on any atom is -0.491 e. The summed E-state index contributed by atoms with van der Waals surface area (Å²) in [5, 5.41) is 0. The monoisotopic (exact) mass is 474 g/mol. The summed E-state index contributed by atoms with van der Waals surface area (Å²) in [5.41, 5.74) is 1.07. The number of hydrogen-bond donors (Lipinski definition) is 0. The largest absolute Gasteiger partial charge is 0.491 e. The van der Waals surface area contributed by atoms with Gasteiger partial charge in [0.05, 0.1) is 6.61 Å². The minimum atomic E-state index is -3.78. The Morgan fingerprint density at radius 1 is 0.794 bits per heavy atom. The SMILES string of the molecule is CCCCCCCCc1ccc(C2=Cc3ccc(OCCCCCC)c(F)c3C(F)(F)O2)cc1. The average molecular weight is 475 g/mol. The summed E-state index contributed by atoms with van der Waals surface area (Å²) in [6.45, 7) is 4.60. The summed E-state index contributed by atoms with van der Waals surface area (Å²) in [4.78, 5) is 0. The van der Waals surface area contributed by atoms with Crippen molar-refractivity contribution < 1.29 is 22.6 Å². The van der Waals surface area contributed by atoms with Gasteiger partial charge < -0.3 is 9.47 Å². The number of ether oxygens (including phenoxy) is 2. The number of rotatable bonds is 14. The third-order valence-corrected chi connectivity index (χ3v) is 6.27. The van der Waals surface area contributed by atoms with Gasteiger partial charge in [0.1, 0.15) is 11.3 Å². The Bertz CT molecular complexity index is 935. The van der Waals surface area contributed by atoms with Gasteiger partial charge in [-0.05, 0) is 42.5 Å². The fourth-order valence-electron chi connectivity index (χ4n) is 4.26. The molecule has 0 spiro atoms. The van der Waals surface area contributed by atoms with Crippen molar-refractivity contribution in [2.75, 3.05) is 6.61 Å². The molecule has 3 rings (SSSR count). The van der Waals surface area contributed by atoms with Gasteiger partial charge in [0, 0.05) is 5.56 Å². The number of aryl methyl sites for hydroxylation is 1. The quantitative estimate of drug-likeness (QED) is 0.254.